The van der Waals surface area contributed by atoms with E-state index in [2.05, 4.69) is 0 Å². The molecule has 0 saturated carbocycles. The molecule has 0 atom stereocenters. The second-order valence-corrected chi connectivity index (χ2v) is 5.29. The summed E-state index contributed by atoms with van der Waals surface area (Å²) in [6.45, 7) is -0.452. The molecule has 0 spiro atoms. The lowest BCUT2D eigenvalue weighted by molar-refractivity contribution is -0.138. The van der Waals surface area contributed by atoms with E-state index in [0.717, 1.165) is 9.64 Å². The number of alkyl halides is 3. The minimum Gasteiger partial charge on any atom is -0.457 e. The van der Waals surface area contributed by atoms with E-state index in [1.165, 1.54) is 12.1 Å². The molecule has 1 N–H and O–H groups in total. The maximum absolute atomic E-state index is 13.0. The first-order valence-corrected chi connectivity index (χ1v) is 6.72. The van der Waals surface area contributed by atoms with Crippen LogP contribution in [-0.2, 0) is 12.8 Å². The van der Waals surface area contributed by atoms with E-state index in [1.54, 1.807) is 18.2 Å². The summed E-state index contributed by atoms with van der Waals surface area (Å²) >= 11 is 2.05. The highest BCUT2D eigenvalue weighted by molar-refractivity contribution is 14.1. The maximum Gasteiger partial charge on any atom is 0.419 e. The summed E-state index contributed by atoms with van der Waals surface area (Å²) in [6, 6.07) is 10.2. The number of rotatable bonds is 3. The van der Waals surface area contributed by atoms with E-state index in [-0.39, 0.29) is 11.3 Å². The van der Waals surface area contributed by atoms with Crippen molar-refractivity contribution < 1.29 is 23.0 Å². The molecule has 0 heterocycles. The van der Waals surface area contributed by atoms with Gasteiger partial charge in [-0.2, -0.15) is 13.2 Å². The van der Waals surface area contributed by atoms with Crippen molar-refractivity contribution in [1.29, 1.82) is 0 Å². The Balaban J connectivity index is 2.41. The minimum atomic E-state index is -4.54. The Labute approximate surface area is 127 Å². The van der Waals surface area contributed by atoms with Gasteiger partial charge in [0.2, 0.25) is 0 Å². The molecule has 0 aliphatic carbocycles. The first-order valence-electron chi connectivity index (χ1n) is 5.64. The molecule has 0 radical (unpaired) electrons. The molecule has 0 unspecified atom stereocenters. The Morgan fingerprint density at radius 2 is 1.85 bits per heavy atom. The third kappa shape index (κ3) is 3.63. The van der Waals surface area contributed by atoms with E-state index in [9.17, 15) is 13.2 Å². The Hall–Kier alpha value is -1.28. The van der Waals surface area contributed by atoms with Crippen molar-refractivity contribution in [2.75, 3.05) is 0 Å². The molecule has 106 valence electrons. The zero-order valence-electron chi connectivity index (χ0n) is 10.1. The smallest absolute Gasteiger partial charge is 0.419 e. The second kappa shape index (κ2) is 6.01. The van der Waals surface area contributed by atoms with Gasteiger partial charge in [0.1, 0.15) is 11.5 Å². The molecule has 0 aliphatic rings. The molecule has 20 heavy (non-hydrogen) atoms. The maximum atomic E-state index is 13.0. The van der Waals surface area contributed by atoms with Crippen LogP contribution in [0, 0.1) is 3.57 Å². The Bertz CT molecular complexity index is 612. The first-order chi connectivity index (χ1) is 9.40. The predicted molar refractivity (Wildman–Crippen MR) is 76.6 cm³/mol. The minimum absolute atomic E-state index is 0.187. The Morgan fingerprint density at radius 1 is 1.10 bits per heavy atom. The topological polar surface area (TPSA) is 29.5 Å². The van der Waals surface area contributed by atoms with Crippen molar-refractivity contribution in [3.05, 3.63) is 57.2 Å². The number of aliphatic hydroxyl groups excluding tert-OH is 1. The van der Waals surface area contributed by atoms with Gasteiger partial charge in [0.15, 0.2) is 0 Å². The number of halogens is 4. The van der Waals surface area contributed by atoms with Crippen molar-refractivity contribution in [1.82, 2.24) is 0 Å². The van der Waals surface area contributed by atoms with E-state index in [0.29, 0.717) is 5.75 Å². The number of ether oxygens (including phenoxy) is 1. The van der Waals surface area contributed by atoms with Crippen LogP contribution in [0.5, 0.6) is 11.5 Å². The standard InChI is InChI=1S/C14H10F3IO2/c15-14(16,17)12-6-9(8-19)4-5-13(12)20-11-3-1-2-10(18)7-11/h1-7,19H,8H2. The van der Waals surface area contributed by atoms with Crippen LogP contribution in [-0.4, -0.2) is 5.11 Å². The summed E-state index contributed by atoms with van der Waals surface area (Å²) < 4.78 is 45.1. The third-order valence-corrected chi connectivity index (χ3v) is 3.23. The van der Waals surface area contributed by atoms with Crippen molar-refractivity contribution in [3.8, 4) is 11.5 Å². The number of hydrogen-bond acceptors (Lipinski definition) is 2. The van der Waals surface area contributed by atoms with Crippen LogP contribution in [0.3, 0.4) is 0 Å². The van der Waals surface area contributed by atoms with Gasteiger partial charge in [-0.05, 0) is 58.5 Å². The predicted octanol–water partition coefficient (Wildman–Crippen LogP) is 4.59. The summed E-state index contributed by atoms with van der Waals surface area (Å²) in [5.41, 5.74) is -0.713. The van der Waals surface area contributed by atoms with Gasteiger partial charge in [-0.25, -0.2) is 0 Å². The summed E-state index contributed by atoms with van der Waals surface area (Å²) in [5.74, 6) is 0.0517. The average molecular weight is 394 g/mol. The molecule has 0 amide bonds. The van der Waals surface area contributed by atoms with Gasteiger partial charge in [0, 0.05) is 3.57 Å². The summed E-state index contributed by atoms with van der Waals surface area (Å²) in [4.78, 5) is 0. The van der Waals surface area contributed by atoms with Gasteiger partial charge in [0.05, 0.1) is 12.2 Å². The van der Waals surface area contributed by atoms with Gasteiger partial charge in [-0.1, -0.05) is 12.1 Å². The summed E-state index contributed by atoms with van der Waals surface area (Å²) in [7, 11) is 0. The van der Waals surface area contributed by atoms with Crippen LogP contribution in [0.15, 0.2) is 42.5 Å². The molecule has 2 nitrogen and oxygen atoms in total. The summed E-state index contributed by atoms with van der Waals surface area (Å²) in [5, 5.41) is 8.94. The number of aliphatic hydroxyl groups is 1. The Morgan fingerprint density at radius 3 is 2.45 bits per heavy atom. The fraction of sp³-hybridized carbons (Fsp3) is 0.143. The highest BCUT2D eigenvalue weighted by atomic mass is 127. The van der Waals surface area contributed by atoms with Crippen LogP contribution in [0.4, 0.5) is 13.2 Å². The SMILES string of the molecule is OCc1ccc(Oc2cccc(I)c2)c(C(F)(F)F)c1. The normalized spacial score (nSPS) is 11.4. The molecular formula is C14H10F3IO2. The quantitative estimate of drug-likeness (QED) is 0.772. The molecular weight excluding hydrogens is 384 g/mol. The van der Waals surface area contributed by atoms with Crippen molar-refractivity contribution in [2.45, 2.75) is 12.8 Å². The lowest BCUT2D eigenvalue weighted by Gasteiger charge is -2.15. The fourth-order valence-corrected chi connectivity index (χ4v) is 2.16. The zero-order chi connectivity index (χ0) is 14.8. The third-order valence-electron chi connectivity index (χ3n) is 2.56. The molecule has 2 aromatic rings. The van der Waals surface area contributed by atoms with Crippen LogP contribution >= 0.6 is 22.6 Å². The van der Waals surface area contributed by atoms with Crippen molar-refractivity contribution >= 4 is 22.6 Å². The lowest BCUT2D eigenvalue weighted by atomic mass is 10.1. The molecule has 6 heteroatoms. The van der Waals surface area contributed by atoms with Crippen molar-refractivity contribution in [3.63, 3.8) is 0 Å². The van der Waals surface area contributed by atoms with Crippen LogP contribution < -0.4 is 4.74 Å². The molecule has 0 fully saturated rings. The van der Waals surface area contributed by atoms with E-state index < -0.39 is 18.3 Å². The zero-order valence-corrected chi connectivity index (χ0v) is 12.3. The largest absolute Gasteiger partial charge is 0.457 e. The molecule has 0 bridgehead atoms. The van der Waals surface area contributed by atoms with Crippen LogP contribution in [0.1, 0.15) is 11.1 Å². The molecule has 0 saturated heterocycles. The van der Waals surface area contributed by atoms with Gasteiger partial charge < -0.3 is 9.84 Å². The molecule has 0 aliphatic heterocycles. The first kappa shape index (κ1) is 15.1. The van der Waals surface area contributed by atoms with Gasteiger partial charge in [-0.15, -0.1) is 0 Å². The number of benzene rings is 2. The molecule has 0 aromatic heterocycles. The molecule has 2 rings (SSSR count). The highest BCUT2D eigenvalue weighted by Crippen LogP contribution is 2.38. The highest BCUT2D eigenvalue weighted by Gasteiger charge is 2.34. The summed E-state index contributed by atoms with van der Waals surface area (Å²) in [6.07, 6.45) is -4.54. The van der Waals surface area contributed by atoms with Gasteiger partial charge in [0.25, 0.3) is 0 Å². The van der Waals surface area contributed by atoms with E-state index in [1.807, 2.05) is 28.7 Å². The van der Waals surface area contributed by atoms with Gasteiger partial charge in [-0.3, -0.25) is 0 Å². The van der Waals surface area contributed by atoms with Crippen LogP contribution in [0.2, 0.25) is 0 Å². The Kier molecular flexibility index (Phi) is 4.54. The van der Waals surface area contributed by atoms with Gasteiger partial charge >= 0.3 is 6.18 Å². The average Bonchev–Trinajstić information content (AvgIpc) is 2.38. The van der Waals surface area contributed by atoms with Crippen molar-refractivity contribution in [2.24, 2.45) is 0 Å². The number of hydrogen-bond donors (Lipinski definition) is 1. The fourth-order valence-electron chi connectivity index (χ4n) is 1.64. The van der Waals surface area contributed by atoms with E-state index >= 15 is 0 Å². The second-order valence-electron chi connectivity index (χ2n) is 4.05. The van der Waals surface area contributed by atoms with Crippen LogP contribution in [0.25, 0.3) is 0 Å². The monoisotopic (exact) mass is 394 g/mol. The van der Waals surface area contributed by atoms with E-state index in [4.69, 9.17) is 9.84 Å². The molecule has 2 aromatic carbocycles. The lowest BCUT2D eigenvalue weighted by Crippen LogP contribution is -2.08.